The Labute approximate surface area is 167 Å². The number of aromatic nitrogens is 4. The molecule has 1 saturated carbocycles. The van der Waals surface area contributed by atoms with Gasteiger partial charge in [-0.05, 0) is 44.7 Å². The van der Waals surface area contributed by atoms with Gasteiger partial charge in [-0.3, -0.25) is 4.57 Å². The number of fused-ring (bicyclic) bond motifs is 1. The molecule has 29 heavy (non-hydrogen) atoms. The third-order valence-corrected chi connectivity index (χ3v) is 5.29. The Bertz CT molecular complexity index is 986. The van der Waals surface area contributed by atoms with E-state index in [1.165, 1.54) is 6.07 Å². The van der Waals surface area contributed by atoms with Gasteiger partial charge in [0.05, 0.1) is 30.6 Å². The van der Waals surface area contributed by atoms with Gasteiger partial charge < -0.3 is 20.8 Å². The molecule has 0 radical (unpaired) electrons. The van der Waals surface area contributed by atoms with E-state index in [9.17, 15) is 14.6 Å². The van der Waals surface area contributed by atoms with Gasteiger partial charge in [-0.2, -0.15) is 4.98 Å². The minimum Gasteiger partial charge on any atom is -0.394 e. The molecule has 0 aliphatic heterocycles. The predicted molar refractivity (Wildman–Crippen MR) is 109 cm³/mol. The van der Waals surface area contributed by atoms with Crippen molar-refractivity contribution in [1.82, 2.24) is 19.5 Å². The molecule has 4 rings (SSSR count). The maximum Gasteiger partial charge on any atom is 0.224 e. The highest BCUT2D eigenvalue weighted by Gasteiger charge is 2.22. The number of benzene rings is 1. The van der Waals surface area contributed by atoms with Crippen LogP contribution < -0.4 is 10.6 Å². The molecule has 9 heteroatoms. The Hall–Kier alpha value is -2.78. The van der Waals surface area contributed by atoms with E-state index in [2.05, 4.69) is 25.6 Å². The van der Waals surface area contributed by atoms with Crippen LogP contribution in [0.15, 0.2) is 30.5 Å². The molecule has 3 aromatic rings. The molecule has 1 aromatic carbocycles. The second-order valence-corrected chi connectivity index (χ2v) is 7.49. The van der Waals surface area contributed by atoms with Crippen molar-refractivity contribution in [2.45, 2.75) is 50.8 Å². The monoisotopic (exact) mass is 400 g/mol. The summed E-state index contributed by atoms with van der Waals surface area (Å²) in [5.74, 6) is 0.470. The van der Waals surface area contributed by atoms with Crippen molar-refractivity contribution in [3.8, 4) is 0 Å². The number of anilines is 3. The van der Waals surface area contributed by atoms with E-state index in [0.717, 1.165) is 25.7 Å². The number of imidazole rings is 1. The van der Waals surface area contributed by atoms with Crippen LogP contribution in [-0.2, 0) is 0 Å². The summed E-state index contributed by atoms with van der Waals surface area (Å²) < 4.78 is 15.8. The molecular formula is C20H25FN6O2. The smallest absolute Gasteiger partial charge is 0.224 e. The van der Waals surface area contributed by atoms with Crippen LogP contribution in [-0.4, -0.2) is 48.5 Å². The second-order valence-electron chi connectivity index (χ2n) is 7.49. The molecule has 1 atom stereocenters. The zero-order valence-corrected chi connectivity index (χ0v) is 16.2. The van der Waals surface area contributed by atoms with E-state index >= 15 is 0 Å². The molecule has 0 bridgehead atoms. The summed E-state index contributed by atoms with van der Waals surface area (Å²) in [6, 6.07) is 6.23. The fourth-order valence-corrected chi connectivity index (χ4v) is 3.63. The fraction of sp³-hybridized carbons (Fsp3) is 0.450. The van der Waals surface area contributed by atoms with Gasteiger partial charge >= 0.3 is 0 Å². The Morgan fingerprint density at radius 2 is 1.97 bits per heavy atom. The number of aliphatic hydroxyl groups excluding tert-OH is 2. The highest BCUT2D eigenvalue weighted by molar-refractivity contribution is 5.76. The first-order chi connectivity index (χ1) is 14.0. The van der Waals surface area contributed by atoms with Crippen LogP contribution in [0.25, 0.3) is 11.2 Å². The Kier molecular flexibility index (Phi) is 5.59. The number of para-hydroxylation sites is 1. The van der Waals surface area contributed by atoms with Crippen LogP contribution >= 0.6 is 0 Å². The highest BCUT2D eigenvalue weighted by atomic mass is 19.1. The van der Waals surface area contributed by atoms with Crippen molar-refractivity contribution in [1.29, 1.82) is 0 Å². The summed E-state index contributed by atoms with van der Waals surface area (Å²) in [4.78, 5) is 13.5. The average molecular weight is 400 g/mol. The van der Waals surface area contributed by atoms with Gasteiger partial charge in [0, 0.05) is 6.04 Å². The second kappa shape index (κ2) is 8.30. The number of nitrogens with one attached hydrogen (secondary N) is 2. The van der Waals surface area contributed by atoms with Crippen LogP contribution in [0.2, 0.25) is 0 Å². The first-order valence-corrected chi connectivity index (χ1v) is 9.87. The van der Waals surface area contributed by atoms with Gasteiger partial charge in [0.25, 0.3) is 0 Å². The van der Waals surface area contributed by atoms with Gasteiger partial charge in [-0.25, -0.2) is 14.4 Å². The zero-order chi connectivity index (χ0) is 20.4. The average Bonchev–Trinajstić information content (AvgIpc) is 3.08. The van der Waals surface area contributed by atoms with Crippen LogP contribution in [0.4, 0.5) is 22.0 Å². The zero-order valence-electron chi connectivity index (χ0n) is 16.2. The SMILES string of the molecule is C[C@H](CO)n1c(Nc2ccccc2F)nc2cnc(N[C@H]3CC[C@H](O)CC3)nc21. The van der Waals surface area contributed by atoms with Crippen molar-refractivity contribution in [3.05, 3.63) is 36.3 Å². The van der Waals surface area contributed by atoms with Crippen molar-refractivity contribution in [3.63, 3.8) is 0 Å². The number of aliphatic hydroxyl groups is 2. The van der Waals surface area contributed by atoms with Crippen LogP contribution in [0.5, 0.6) is 0 Å². The summed E-state index contributed by atoms with van der Waals surface area (Å²) in [6.45, 7) is 1.72. The third kappa shape index (κ3) is 4.15. The van der Waals surface area contributed by atoms with Crippen LogP contribution in [0, 0.1) is 5.82 Å². The summed E-state index contributed by atoms with van der Waals surface area (Å²) in [7, 11) is 0. The topological polar surface area (TPSA) is 108 Å². The van der Waals surface area contributed by atoms with E-state index in [1.807, 2.05) is 6.92 Å². The van der Waals surface area contributed by atoms with Crippen molar-refractivity contribution in [2.24, 2.45) is 0 Å². The van der Waals surface area contributed by atoms with E-state index in [4.69, 9.17) is 0 Å². The number of hydrogen-bond acceptors (Lipinski definition) is 7. The molecule has 1 aliphatic rings. The minimum absolute atomic E-state index is 0.120. The molecule has 4 N–H and O–H groups in total. The van der Waals surface area contributed by atoms with Gasteiger partial charge in [0.2, 0.25) is 11.9 Å². The molecule has 2 heterocycles. The molecule has 2 aromatic heterocycles. The first-order valence-electron chi connectivity index (χ1n) is 9.87. The predicted octanol–water partition coefficient (Wildman–Crippen LogP) is 2.98. The summed E-state index contributed by atoms with van der Waals surface area (Å²) in [6.07, 6.45) is 4.63. The fourth-order valence-electron chi connectivity index (χ4n) is 3.63. The van der Waals surface area contributed by atoms with Gasteiger partial charge in [-0.15, -0.1) is 0 Å². The maximum absolute atomic E-state index is 14.1. The Balaban J connectivity index is 1.67. The lowest BCUT2D eigenvalue weighted by molar-refractivity contribution is 0.126. The van der Waals surface area contributed by atoms with Gasteiger partial charge in [-0.1, -0.05) is 12.1 Å². The lowest BCUT2D eigenvalue weighted by Crippen LogP contribution is -2.29. The van der Waals surface area contributed by atoms with Crippen LogP contribution in [0.3, 0.4) is 0 Å². The molecule has 0 spiro atoms. The minimum atomic E-state index is -0.393. The number of nitrogens with zero attached hydrogens (tertiary/aromatic N) is 4. The lowest BCUT2D eigenvalue weighted by atomic mass is 9.93. The van der Waals surface area contributed by atoms with Crippen molar-refractivity contribution >= 4 is 28.7 Å². The standard InChI is InChI=1S/C20H25FN6O2/c1-12(11-28)27-18-17(25-20(27)24-16-5-3-2-4-15(16)21)10-22-19(26-18)23-13-6-8-14(29)9-7-13/h2-5,10,12-14,28-29H,6-9,11H2,1H3,(H,24,25)(H,22,23,26)/t12-,13-,14-/m1/s1. The third-order valence-electron chi connectivity index (χ3n) is 5.29. The van der Waals surface area contributed by atoms with Gasteiger partial charge in [0.1, 0.15) is 11.3 Å². The Morgan fingerprint density at radius 1 is 1.21 bits per heavy atom. The molecule has 1 fully saturated rings. The number of hydrogen-bond donors (Lipinski definition) is 4. The van der Waals surface area contributed by atoms with E-state index in [-0.39, 0.29) is 24.8 Å². The molecule has 8 nitrogen and oxygen atoms in total. The lowest BCUT2D eigenvalue weighted by Gasteiger charge is -2.26. The molecule has 0 amide bonds. The first kappa shape index (κ1) is 19.5. The maximum atomic E-state index is 14.1. The summed E-state index contributed by atoms with van der Waals surface area (Å²) >= 11 is 0. The van der Waals surface area contributed by atoms with E-state index < -0.39 is 5.82 Å². The normalized spacial score (nSPS) is 20.6. The molecule has 0 saturated heterocycles. The van der Waals surface area contributed by atoms with Crippen molar-refractivity contribution < 1.29 is 14.6 Å². The van der Waals surface area contributed by atoms with E-state index in [0.29, 0.717) is 28.7 Å². The molecular weight excluding hydrogens is 375 g/mol. The van der Waals surface area contributed by atoms with Crippen LogP contribution in [0.1, 0.15) is 38.6 Å². The summed E-state index contributed by atoms with van der Waals surface area (Å²) in [5, 5.41) is 25.7. The Morgan fingerprint density at radius 3 is 2.69 bits per heavy atom. The molecule has 154 valence electrons. The number of halogens is 1. The molecule has 1 aliphatic carbocycles. The van der Waals surface area contributed by atoms with E-state index in [1.54, 1.807) is 29.0 Å². The number of rotatable bonds is 6. The summed E-state index contributed by atoms with van der Waals surface area (Å²) in [5.41, 5.74) is 1.40. The van der Waals surface area contributed by atoms with Gasteiger partial charge in [0.15, 0.2) is 5.65 Å². The quantitative estimate of drug-likeness (QED) is 0.504. The van der Waals surface area contributed by atoms with Crippen molar-refractivity contribution in [2.75, 3.05) is 17.2 Å². The highest BCUT2D eigenvalue weighted by Crippen LogP contribution is 2.28. The largest absolute Gasteiger partial charge is 0.394 e. The molecule has 0 unspecified atom stereocenters.